The molecule has 0 bridgehead atoms. The van der Waals surface area contributed by atoms with Crippen LogP contribution in [0.5, 0.6) is 5.75 Å². The number of hydrogen-bond acceptors (Lipinski definition) is 4. The molecule has 1 heterocycles. The minimum absolute atomic E-state index is 0.0324. The Morgan fingerprint density at radius 3 is 2.50 bits per heavy atom. The molecule has 0 spiro atoms. The Balaban J connectivity index is 1.75. The first-order valence-corrected chi connectivity index (χ1v) is 8.85. The summed E-state index contributed by atoms with van der Waals surface area (Å²) in [6.45, 7) is 0.547. The molecule has 0 radical (unpaired) electrons. The van der Waals surface area contributed by atoms with Crippen LogP contribution in [0.2, 0.25) is 5.02 Å². The number of carbonyl (C=O) groups is 2. The number of Topliss-reactive ketones (excluding diaryl/α,β-unsaturated/α-hetero) is 1. The number of alkyl halides is 2. The molecule has 1 unspecified atom stereocenters. The van der Waals surface area contributed by atoms with E-state index in [1.807, 2.05) is 13.0 Å². The van der Waals surface area contributed by atoms with Gasteiger partial charge >= 0.3 is 6.61 Å². The summed E-state index contributed by atoms with van der Waals surface area (Å²) in [6.07, 6.45) is 0.0552. The molecule has 28 heavy (non-hydrogen) atoms. The van der Waals surface area contributed by atoms with Gasteiger partial charge in [-0.3, -0.25) is 9.59 Å². The molecule has 3 rings (SSSR count). The van der Waals surface area contributed by atoms with Crippen LogP contribution in [0.4, 0.5) is 14.5 Å². The Bertz CT molecular complexity index is 925. The first-order valence-electron chi connectivity index (χ1n) is 8.47. The maximum absolute atomic E-state index is 12.8. The van der Waals surface area contributed by atoms with Gasteiger partial charge in [0.1, 0.15) is 11.7 Å². The van der Waals surface area contributed by atoms with Crippen LogP contribution in [0.3, 0.4) is 0 Å². The summed E-state index contributed by atoms with van der Waals surface area (Å²) in [5.74, 6) is -1.79. The average Bonchev–Trinajstić information content (AvgIpc) is 2.88. The van der Waals surface area contributed by atoms with Gasteiger partial charge in [-0.25, -0.2) is 0 Å². The van der Waals surface area contributed by atoms with Crippen molar-refractivity contribution in [1.29, 1.82) is 0 Å². The number of rotatable bonds is 6. The lowest BCUT2D eigenvalue weighted by Gasteiger charge is -2.15. The number of ether oxygens (including phenoxy) is 1. The second-order valence-corrected chi connectivity index (χ2v) is 6.91. The first kappa shape index (κ1) is 19.9. The molecule has 2 aromatic carbocycles. The van der Waals surface area contributed by atoms with Crippen molar-refractivity contribution in [2.45, 2.75) is 26.9 Å². The van der Waals surface area contributed by atoms with Gasteiger partial charge in [0.05, 0.1) is 11.4 Å². The number of nitrogens with zero attached hydrogens (tertiary/aromatic N) is 2. The van der Waals surface area contributed by atoms with E-state index in [0.717, 1.165) is 16.1 Å². The lowest BCUT2D eigenvalue weighted by atomic mass is 9.93. The van der Waals surface area contributed by atoms with Gasteiger partial charge in [-0.05, 0) is 61.4 Å². The summed E-state index contributed by atoms with van der Waals surface area (Å²) < 4.78 is 28.8. The predicted octanol–water partition coefficient (Wildman–Crippen LogP) is 4.40. The number of ketones is 1. The van der Waals surface area contributed by atoms with Gasteiger partial charge in [0.2, 0.25) is 0 Å². The van der Waals surface area contributed by atoms with E-state index in [1.165, 1.54) is 24.3 Å². The molecule has 0 saturated carbocycles. The number of hydrazone groups is 1. The Morgan fingerprint density at radius 1 is 1.21 bits per heavy atom. The minimum Gasteiger partial charge on any atom is -0.435 e. The van der Waals surface area contributed by atoms with E-state index in [-0.39, 0.29) is 18.0 Å². The highest BCUT2D eigenvalue weighted by atomic mass is 35.5. The lowest BCUT2D eigenvalue weighted by Crippen LogP contribution is -2.33. The van der Waals surface area contributed by atoms with E-state index >= 15 is 0 Å². The van der Waals surface area contributed by atoms with Crippen LogP contribution < -0.4 is 9.75 Å². The van der Waals surface area contributed by atoms with E-state index in [9.17, 15) is 18.4 Å². The zero-order valence-electron chi connectivity index (χ0n) is 15.2. The van der Waals surface area contributed by atoms with E-state index < -0.39 is 18.4 Å². The van der Waals surface area contributed by atoms with Gasteiger partial charge in [0.25, 0.3) is 5.91 Å². The number of anilines is 1. The standard InChI is InChI=1S/C20H17ClF2N2O3/c1-11-7-13(9-14(21)8-11)10-17(26)18-12(2)24-25(19(18)27)15-3-5-16(6-4-15)28-20(22)23/h3-9,18,20H,10H2,1-2H3. The highest BCUT2D eigenvalue weighted by molar-refractivity contribution is 6.31. The zero-order chi connectivity index (χ0) is 20.4. The molecular weight excluding hydrogens is 390 g/mol. The lowest BCUT2D eigenvalue weighted by molar-refractivity contribution is -0.128. The summed E-state index contributed by atoms with van der Waals surface area (Å²) in [6, 6.07) is 10.8. The Labute approximate surface area is 165 Å². The average molecular weight is 407 g/mol. The van der Waals surface area contributed by atoms with Crippen LogP contribution in [0, 0.1) is 12.8 Å². The van der Waals surface area contributed by atoms with E-state index in [4.69, 9.17) is 11.6 Å². The largest absolute Gasteiger partial charge is 0.435 e. The molecule has 0 aromatic heterocycles. The Kier molecular flexibility index (Phi) is 5.74. The Hall–Kier alpha value is -2.80. The number of carbonyl (C=O) groups excluding carboxylic acids is 2. The third kappa shape index (κ3) is 4.36. The number of aryl methyl sites for hydroxylation is 1. The third-order valence-corrected chi connectivity index (χ3v) is 4.46. The second kappa shape index (κ2) is 8.06. The van der Waals surface area contributed by atoms with Crippen molar-refractivity contribution in [3.8, 4) is 5.75 Å². The fourth-order valence-electron chi connectivity index (χ4n) is 3.11. The molecule has 1 aliphatic rings. The van der Waals surface area contributed by atoms with E-state index in [2.05, 4.69) is 9.84 Å². The molecule has 1 aliphatic heterocycles. The van der Waals surface area contributed by atoms with Crippen LogP contribution in [-0.2, 0) is 16.0 Å². The molecule has 8 heteroatoms. The third-order valence-electron chi connectivity index (χ3n) is 4.24. The smallest absolute Gasteiger partial charge is 0.387 e. The van der Waals surface area contributed by atoms with Crippen molar-refractivity contribution >= 4 is 34.7 Å². The molecule has 0 saturated heterocycles. The maximum Gasteiger partial charge on any atom is 0.387 e. The predicted molar refractivity (Wildman–Crippen MR) is 102 cm³/mol. The molecule has 1 amide bonds. The fraction of sp³-hybridized carbons (Fsp3) is 0.250. The van der Waals surface area contributed by atoms with Crippen molar-refractivity contribution < 1.29 is 23.1 Å². The van der Waals surface area contributed by atoms with Crippen LogP contribution in [0.15, 0.2) is 47.6 Å². The maximum atomic E-state index is 12.8. The summed E-state index contributed by atoms with van der Waals surface area (Å²) in [5.41, 5.74) is 2.38. The van der Waals surface area contributed by atoms with Crippen LogP contribution >= 0.6 is 11.6 Å². The zero-order valence-corrected chi connectivity index (χ0v) is 15.9. The molecule has 146 valence electrons. The normalized spacial score (nSPS) is 16.5. The first-order chi connectivity index (χ1) is 13.2. The van der Waals surface area contributed by atoms with Gasteiger partial charge in [0.15, 0.2) is 5.78 Å². The van der Waals surface area contributed by atoms with Gasteiger partial charge < -0.3 is 4.74 Å². The molecule has 0 aliphatic carbocycles. The molecule has 0 fully saturated rings. The quantitative estimate of drug-likeness (QED) is 0.668. The van der Waals surface area contributed by atoms with Gasteiger partial charge in [-0.2, -0.15) is 18.9 Å². The molecule has 2 aromatic rings. The summed E-state index contributed by atoms with van der Waals surface area (Å²) >= 11 is 6.03. The van der Waals surface area contributed by atoms with Gasteiger partial charge in [0, 0.05) is 11.4 Å². The van der Waals surface area contributed by atoms with Crippen molar-refractivity contribution in [3.63, 3.8) is 0 Å². The number of benzene rings is 2. The minimum atomic E-state index is -2.93. The highest BCUT2D eigenvalue weighted by Gasteiger charge is 2.39. The SMILES string of the molecule is CC1=NN(c2ccc(OC(F)F)cc2)C(=O)C1C(=O)Cc1cc(C)cc(Cl)c1. The fourth-order valence-corrected chi connectivity index (χ4v) is 3.42. The summed E-state index contributed by atoms with van der Waals surface area (Å²) in [4.78, 5) is 25.5. The highest BCUT2D eigenvalue weighted by Crippen LogP contribution is 2.28. The number of amides is 1. The van der Waals surface area contributed by atoms with Gasteiger partial charge in [-0.15, -0.1) is 0 Å². The molecule has 5 nitrogen and oxygen atoms in total. The van der Waals surface area contributed by atoms with Crippen molar-refractivity contribution in [1.82, 2.24) is 0 Å². The summed E-state index contributed by atoms with van der Waals surface area (Å²) in [7, 11) is 0. The molecule has 0 N–H and O–H groups in total. The Morgan fingerprint density at radius 2 is 1.89 bits per heavy atom. The van der Waals surface area contributed by atoms with E-state index in [1.54, 1.807) is 19.1 Å². The van der Waals surface area contributed by atoms with Gasteiger partial charge in [-0.1, -0.05) is 17.7 Å². The van der Waals surface area contributed by atoms with E-state index in [0.29, 0.717) is 16.4 Å². The van der Waals surface area contributed by atoms with Crippen molar-refractivity contribution in [2.24, 2.45) is 11.0 Å². The van der Waals surface area contributed by atoms with Crippen LogP contribution in [-0.4, -0.2) is 24.0 Å². The second-order valence-electron chi connectivity index (χ2n) is 6.48. The topological polar surface area (TPSA) is 59.0 Å². The monoisotopic (exact) mass is 406 g/mol. The van der Waals surface area contributed by atoms with Crippen LogP contribution in [0.25, 0.3) is 0 Å². The molecule has 1 atom stereocenters. The summed E-state index contributed by atoms with van der Waals surface area (Å²) in [5, 5.41) is 5.81. The van der Waals surface area contributed by atoms with Crippen LogP contribution in [0.1, 0.15) is 18.1 Å². The van der Waals surface area contributed by atoms with Crippen molar-refractivity contribution in [3.05, 3.63) is 58.6 Å². The number of halogens is 3. The molecular formula is C20H17ClF2N2O3. The number of hydrogen-bond donors (Lipinski definition) is 0. The van der Waals surface area contributed by atoms with Crippen molar-refractivity contribution in [2.75, 3.05) is 5.01 Å².